The molecule has 1 aliphatic heterocycles. The maximum absolute atomic E-state index is 6.84. The topological polar surface area (TPSA) is 6.48 Å². The van der Waals surface area contributed by atoms with Crippen molar-refractivity contribution in [2.75, 3.05) is 9.80 Å². The summed E-state index contributed by atoms with van der Waals surface area (Å²) < 4.78 is 0. The van der Waals surface area contributed by atoms with Crippen molar-refractivity contribution in [2.45, 2.75) is 84.9 Å². The van der Waals surface area contributed by atoms with E-state index in [1.165, 1.54) is 33.6 Å². The fourth-order valence-electron chi connectivity index (χ4n) is 4.66. The van der Waals surface area contributed by atoms with Gasteiger partial charge >= 0.3 is 7.42 Å². The molecule has 1 heterocycles. The largest absolute Gasteiger partial charge is 0.325 e. The highest BCUT2D eigenvalue weighted by molar-refractivity contribution is 7.34. The van der Waals surface area contributed by atoms with Gasteiger partial charge in [-0.3, -0.25) is 0 Å². The molecular formula is C27H37Cl2N2Si. The lowest BCUT2D eigenvalue weighted by molar-refractivity contribution is 0.783. The van der Waals surface area contributed by atoms with Crippen molar-refractivity contribution in [3.8, 4) is 0 Å². The van der Waals surface area contributed by atoms with Gasteiger partial charge in [0, 0.05) is 23.8 Å². The van der Waals surface area contributed by atoms with Crippen molar-refractivity contribution in [1.29, 1.82) is 0 Å². The molecular weight excluding hydrogens is 451 g/mol. The molecule has 1 radical (unpaired) electrons. The quantitative estimate of drug-likeness (QED) is 0.284. The van der Waals surface area contributed by atoms with Crippen LogP contribution in [-0.2, 0) is 0 Å². The third-order valence-electron chi connectivity index (χ3n) is 6.31. The summed E-state index contributed by atoms with van der Waals surface area (Å²) in [5, 5.41) is 0. The standard InChI is InChI=1S/C27H37Cl2N2Si/c1-17(2)21-11-9-12-22(18(3)4)25(21)30-15-16-31(27(30)32(28)29)26-23(19(5)6)13-10-14-24(26)20(7)8/h9-20,27H,1-8H3. The van der Waals surface area contributed by atoms with Gasteiger partial charge in [0.2, 0.25) is 0 Å². The third kappa shape index (κ3) is 4.76. The van der Waals surface area contributed by atoms with Crippen LogP contribution in [0.3, 0.4) is 0 Å². The summed E-state index contributed by atoms with van der Waals surface area (Å²) in [7, 11) is -1.74. The highest BCUT2D eigenvalue weighted by Gasteiger charge is 2.39. The Morgan fingerprint density at radius 1 is 0.594 bits per heavy atom. The summed E-state index contributed by atoms with van der Waals surface area (Å²) >= 11 is 13.7. The molecule has 0 N–H and O–H groups in total. The molecule has 0 aromatic heterocycles. The van der Waals surface area contributed by atoms with Crippen LogP contribution in [0.4, 0.5) is 11.4 Å². The van der Waals surface area contributed by atoms with E-state index in [1.807, 2.05) is 0 Å². The van der Waals surface area contributed by atoms with E-state index in [1.54, 1.807) is 0 Å². The number of para-hydroxylation sites is 2. The summed E-state index contributed by atoms with van der Waals surface area (Å²) in [6.45, 7) is 18.1. The Morgan fingerprint density at radius 3 is 1.09 bits per heavy atom. The zero-order valence-electron chi connectivity index (χ0n) is 20.7. The fourth-order valence-corrected chi connectivity index (χ4v) is 6.78. The van der Waals surface area contributed by atoms with E-state index in [-0.39, 0.29) is 5.79 Å². The highest BCUT2D eigenvalue weighted by Crippen LogP contribution is 2.44. The Balaban J connectivity index is 2.22. The molecule has 0 atom stereocenters. The van der Waals surface area contributed by atoms with Gasteiger partial charge < -0.3 is 9.80 Å². The van der Waals surface area contributed by atoms with Crippen LogP contribution in [0.2, 0.25) is 0 Å². The van der Waals surface area contributed by atoms with Gasteiger partial charge in [-0.25, -0.2) is 0 Å². The van der Waals surface area contributed by atoms with Crippen molar-refractivity contribution in [3.05, 3.63) is 71.1 Å². The van der Waals surface area contributed by atoms with Gasteiger partial charge in [0.05, 0.1) is 0 Å². The second kappa shape index (κ2) is 10.2. The minimum absolute atomic E-state index is 0.113. The Morgan fingerprint density at radius 2 is 0.875 bits per heavy atom. The summed E-state index contributed by atoms with van der Waals surface area (Å²) in [4.78, 5) is 4.69. The normalized spacial score (nSPS) is 15.0. The molecule has 0 aliphatic carbocycles. The number of benzene rings is 2. The molecule has 0 amide bonds. The predicted molar refractivity (Wildman–Crippen MR) is 145 cm³/mol. The van der Waals surface area contributed by atoms with Gasteiger partial charge in [-0.2, -0.15) is 0 Å². The van der Waals surface area contributed by atoms with Crippen molar-refractivity contribution < 1.29 is 0 Å². The van der Waals surface area contributed by atoms with Crippen molar-refractivity contribution in [3.63, 3.8) is 0 Å². The Bertz CT molecular complexity index is 840. The lowest BCUT2D eigenvalue weighted by atomic mass is 9.91. The smallest absolute Gasteiger partial charge is 0.320 e. The highest BCUT2D eigenvalue weighted by atomic mass is 35.7. The van der Waals surface area contributed by atoms with Crippen LogP contribution in [0, 0.1) is 0 Å². The number of hydrogen-bond donors (Lipinski definition) is 0. The van der Waals surface area contributed by atoms with Crippen LogP contribution in [0.5, 0.6) is 0 Å². The molecule has 2 aromatic carbocycles. The van der Waals surface area contributed by atoms with Gasteiger partial charge in [0.1, 0.15) is 5.79 Å². The lowest BCUT2D eigenvalue weighted by Crippen LogP contribution is -2.47. The van der Waals surface area contributed by atoms with E-state index in [0.717, 1.165) is 0 Å². The SMILES string of the molecule is CC(C)c1cccc(C(C)C)c1N1C=CN(c2c(C(C)C)cccc2C(C)C)C1[Si](Cl)Cl. The molecule has 0 saturated carbocycles. The van der Waals surface area contributed by atoms with Gasteiger partial charge in [0.25, 0.3) is 0 Å². The Hall–Kier alpha value is -1.42. The summed E-state index contributed by atoms with van der Waals surface area (Å²) in [6.07, 6.45) is 4.38. The van der Waals surface area contributed by atoms with Crippen molar-refractivity contribution in [2.24, 2.45) is 0 Å². The molecule has 0 saturated heterocycles. The molecule has 2 nitrogen and oxygen atoms in total. The van der Waals surface area contributed by atoms with Crippen LogP contribution in [0.25, 0.3) is 0 Å². The van der Waals surface area contributed by atoms with Crippen LogP contribution >= 0.6 is 22.2 Å². The maximum atomic E-state index is 6.84. The first-order valence-corrected chi connectivity index (χ1v) is 15.3. The number of hydrogen-bond acceptors (Lipinski definition) is 2. The molecule has 32 heavy (non-hydrogen) atoms. The van der Waals surface area contributed by atoms with Crippen LogP contribution < -0.4 is 9.80 Å². The molecule has 2 aromatic rings. The minimum atomic E-state index is -1.74. The first-order valence-electron chi connectivity index (χ1n) is 11.7. The van der Waals surface area contributed by atoms with Crippen LogP contribution in [-0.4, -0.2) is 13.2 Å². The maximum Gasteiger partial charge on any atom is 0.320 e. The van der Waals surface area contributed by atoms with E-state index in [2.05, 4.69) is 114 Å². The van der Waals surface area contributed by atoms with Crippen LogP contribution in [0.1, 0.15) is 101 Å². The van der Waals surface area contributed by atoms with Crippen molar-refractivity contribution in [1.82, 2.24) is 0 Å². The van der Waals surface area contributed by atoms with Gasteiger partial charge in [0.15, 0.2) is 0 Å². The predicted octanol–water partition coefficient (Wildman–Crippen LogP) is 8.81. The molecule has 0 unspecified atom stereocenters. The fraction of sp³-hybridized carbons (Fsp3) is 0.481. The van der Waals surface area contributed by atoms with Crippen molar-refractivity contribution >= 4 is 40.9 Å². The average Bonchev–Trinajstić information content (AvgIpc) is 3.17. The molecule has 5 heteroatoms. The monoisotopic (exact) mass is 487 g/mol. The zero-order valence-corrected chi connectivity index (χ0v) is 23.2. The molecule has 173 valence electrons. The van der Waals surface area contributed by atoms with E-state index in [4.69, 9.17) is 22.2 Å². The first kappa shape index (κ1) is 25.2. The molecule has 3 rings (SSSR count). The number of anilines is 2. The molecule has 0 bridgehead atoms. The van der Waals surface area contributed by atoms with E-state index in [0.29, 0.717) is 23.7 Å². The molecule has 0 spiro atoms. The second-order valence-corrected chi connectivity index (χ2v) is 14.1. The second-order valence-electron chi connectivity index (χ2n) is 9.96. The number of rotatable bonds is 7. The summed E-state index contributed by atoms with van der Waals surface area (Å²) in [5.41, 5.74) is 7.88. The summed E-state index contributed by atoms with van der Waals surface area (Å²) in [5.74, 6) is 1.51. The van der Waals surface area contributed by atoms with E-state index < -0.39 is 7.42 Å². The summed E-state index contributed by atoms with van der Waals surface area (Å²) in [6, 6.07) is 13.3. The van der Waals surface area contributed by atoms with E-state index in [9.17, 15) is 0 Å². The third-order valence-corrected chi connectivity index (χ3v) is 8.43. The van der Waals surface area contributed by atoms with E-state index >= 15 is 0 Å². The zero-order chi connectivity index (χ0) is 23.7. The Kier molecular flexibility index (Phi) is 8.06. The molecule has 0 fully saturated rings. The number of halogens is 2. The molecule has 1 aliphatic rings. The van der Waals surface area contributed by atoms with Crippen LogP contribution in [0.15, 0.2) is 48.8 Å². The minimum Gasteiger partial charge on any atom is -0.325 e. The Labute approximate surface area is 206 Å². The van der Waals surface area contributed by atoms with Gasteiger partial charge in [-0.05, 0) is 45.9 Å². The number of nitrogens with zero attached hydrogens (tertiary/aromatic N) is 2. The van der Waals surface area contributed by atoms with Gasteiger partial charge in [-0.1, -0.05) is 91.8 Å². The first-order chi connectivity index (χ1) is 15.1. The average molecular weight is 489 g/mol. The van der Waals surface area contributed by atoms with Gasteiger partial charge in [-0.15, -0.1) is 22.2 Å². The lowest BCUT2D eigenvalue weighted by Gasteiger charge is -2.38.